The number of piperidine rings is 1. The van der Waals surface area contributed by atoms with Gasteiger partial charge in [-0.05, 0) is 31.4 Å². The number of aliphatic carboxylic acids is 1. The number of carbonyl (C=O) groups excluding carboxylic acids is 1. The monoisotopic (exact) mass is 291 g/mol. The first kappa shape index (κ1) is 15.4. The molecule has 1 heterocycles. The molecule has 2 N–H and O–H groups in total. The van der Waals surface area contributed by atoms with E-state index in [1.807, 2.05) is 6.92 Å². The normalized spacial score (nSPS) is 17.5. The molecule has 1 saturated heterocycles. The molecule has 1 aromatic carbocycles. The maximum absolute atomic E-state index is 12.4. The lowest BCUT2D eigenvalue weighted by molar-refractivity contribution is -0.152. The lowest BCUT2D eigenvalue weighted by Crippen LogP contribution is -2.46. The van der Waals surface area contributed by atoms with Crippen molar-refractivity contribution in [3.05, 3.63) is 29.8 Å². The number of para-hydroxylation sites is 1. The highest BCUT2D eigenvalue weighted by atomic mass is 16.4. The average molecular weight is 291 g/mol. The summed E-state index contributed by atoms with van der Waals surface area (Å²) in [6.07, 6.45) is 2.39. The number of rotatable bonds is 4. The number of carbonyl (C=O) groups is 2. The fourth-order valence-electron chi connectivity index (χ4n) is 3.01. The first-order valence-corrected chi connectivity index (χ1v) is 7.31. The minimum absolute atomic E-state index is 0.0360. The minimum Gasteiger partial charge on any atom is -0.507 e. The predicted octanol–water partition coefficient (Wildman–Crippen LogP) is 2.50. The van der Waals surface area contributed by atoms with Crippen LogP contribution in [-0.2, 0) is 4.79 Å². The number of hydrogen-bond acceptors (Lipinski definition) is 3. The number of phenolic OH excluding ortho intramolecular Hbond substituents is 1. The molecule has 1 aromatic rings. The molecule has 114 valence electrons. The Morgan fingerprint density at radius 1 is 1.24 bits per heavy atom. The van der Waals surface area contributed by atoms with Gasteiger partial charge in [0.05, 0.1) is 11.0 Å². The molecule has 1 aliphatic rings. The van der Waals surface area contributed by atoms with Gasteiger partial charge in [-0.1, -0.05) is 25.5 Å². The maximum Gasteiger partial charge on any atom is 0.309 e. The molecule has 0 aromatic heterocycles. The van der Waals surface area contributed by atoms with Crippen molar-refractivity contribution >= 4 is 11.9 Å². The Hall–Kier alpha value is -2.04. The van der Waals surface area contributed by atoms with Crippen LogP contribution in [0.15, 0.2) is 24.3 Å². The van der Waals surface area contributed by atoms with E-state index in [9.17, 15) is 19.8 Å². The molecule has 1 fully saturated rings. The van der Waals surface area contributed by atoms with Gasteiger partial charge in [0.15, 0.2) is 0 Å². The second-order valence-electron chi connectivity index (χ2n) is 5.64. The van der Waals surface area contributed by atoms with Gasteiger partial charge in [0, 0.05) is 13.1 Å². The maximum atomic E-state index is 12.4. The van der Waals surface area contributed by atoms with Gasteiger partial charge < -0.3 is 15.1 Å². The van der Waals surface area contributed by atoms with Gasteiger partial charge >= 0.3 is 5.97 Å². The van der Waals surface area contributed by atoms with Gasteiger partial charge in [-0.15, -0.1) is 0 Å². The van der Waals surface area contributed by atoms with Crippen LogP contribution in [0, 0.1) is 5.41 Å². The van der Waals surface area contributed by atoms with Gasteiger partial charge in [0.25, 0.3) is 5.91 Å². The van der Waals surface area contributed by atoms with E-state index in [-0.39, 0.29) is 17.2 Å². The number of amides is 1. The van der Waals surface area contributed by atoms with Crippen LogP contribution in [0.25, 0.3) is 0 Å². The van der Waals surface area contributed by atoms with E-state index in [0.717, 1.165) is 6.42 Å². The molecular formula is C16H21NO4. The van der Waals surface area contributed by atoms with Crippen LogP contribution in [-0.4, -0.2) is 40.1 Å². The Labute approximate surface area is 124 Å². The summed E-state index contributed by atoms with van der Waals surface area (Å²) < 4.78 is 0. The van der Waals surface area contributed by atoms with Crippen LogP contribution in [0.2, 0.25) is 0 Å². The third kappa shape index (κ3) is 3.01. The van der Waals surface area contributed by atoms with Crippen molar-refractivity contribution in [2.24, 2.45) is 5.41 Å². The molecule has 0 radical (unpaired) electrons. The third-order valence-corrected chi connectivity index (χ3v) is 4.32. The number of carboxylic acids is 1. The van der Waals surface area contributed by atoms with Gasteiger partial charge in [0.2, 0.25) is 0 Å². The van der Waals surface area contributed by atoms with Crippen molar-refractivity contribution < 1.29 is 19.8 Å². The quantitative estimate of drug-likeness (QED) is 0.893. The van der Waals surface area contributed by atoms with Crippen LogP contribution in [0.1, 0.15) is 43.0 Å². The molecule has 21 heavy (non-hydrogen) atoms. The van der Waals surface area contributed by atoms with Crippen molar-refractivity contribution in [3.63, 3.8) is 0 Å². The summed E-state index contributed by atoms with van der Waals surface area (Å²) in [5, 5.41) is 19.2. The van der Waals surface area contributed by atoms with Gasteiger partial charge in [0.1, 0.15) is 5.75 Å². The molecule has 2 rings (SSSR count). The van der Waals surface area contributed by atoms with Crippen molar-refractivity contribution in [2.45, 2.75) is 32.6 Å². The highest BCUT2D eigenvalue weighted by Crippen LogP contribution is 2.37. The van der Waals surface area contributed by atoms with Crippen molar-refractivity contribution in [1.82, 2.24) is 4.90 Å². The van der Waals surface area contributed by atoms with E-state index in [2.05, 4.69) is 0 Å². The second-order valence-corrected chi connectivity index (χ2v) is 5.64. The fraction of sp³-hybridized carbons (Fsp3) is 0.500. The second kappa shape index (κ2) is 6.16. The molecule has 0 spiro atoms. The van der Waals surface area contributed by atoms with Gasteiger partial charge in [-0.3, -0.25) is 9.59 Å². The van der Waals surface area contributed by atoms with Gasteiger partial charge in [-0.25, -0.2) is 0 Å². The number of hydrogen-bond donors (Lipinski definition) is 2. The Morgan fingerprint density at radius 3 is 2.38 bits per heavy atom. The van der Waals surface area contributed by atoms with E-state index in [1.165, 1.54) is 6.07 Å². The molecule has 0 unspecified atom stereocenters. The third-order valence-electron chi connectivity index (χ3n) is 4.32. The molecule has 0 atom stereocenters. The molecule has 1 aliphatic heterocycles. The number of nitrogens with zero attached hydrogens (tertiary/aromatic N) is 1. The Kier molecular flexibility index (Phi) is 4.50. The predicted molar refractivity (Wildman–Crippen MR) is 78.2 cm³/mol. The summed E-state index contributed by atoms with van der Waals surface area (Å²) in [6, 6.07) is 6.44. The molecule has 0 aliphatic carbocycles. The Bertz CT molecular complexity index is 533. The van der Waals surface area contributed by atoms with Crippen molar-refractivity contribution in [1.29, 1.82) is 0 Å². The van der Waals surface area contributed by atoms with E-state index in [0.29, 0.717) is 32.4 Å². The highest BCUT2D eigenvalue weighted by Gasteiger charge is 2.41. The summed E-state index contributed by atoms with van der Waals surface area (Å²) in [7, 11) is 0. The zero-order valence-electron chi connectivity index (χ0n) is 12.2. The van der Waals surface area contributed by atoms with Crippen LogP contribution in [0.4, 0.5) is 0 Å². The van der Waals surface area contributed by atoms with E-state index in [4.69, 9.17) is 0 Å². The summed E-state index contributed by atoms with van der Waals surface area (Å²) in [4.78, 5) is 25.5. The first-order valence-electron chi connectivity index (χ1n) is 7.31. The number of carboxylic acid groups (broad SMARTS) is 1. The minimum atomic E-state index is -0.765. The number of aromatic hydroxyl groups is 1. The number of phenols is 1. The summed E-state index contributed by atoms with van der Waals surface area (Å²) in [6.45, 7) is 2.81. The van der Waals surface area contributed by atoms with Crippen LogP contribution >= 0.6 is 0 Å². The topological polar surface area (TPSA) is 77.8 Å². The zero-order chi connectivity index (χ0) is 15.5. The average Bonchev–Trinajstić information content (AvgIpc) is 2.48. The van der Waals surface area contributed by atoms with Crippen LogP contribution < -0.4 is 0 Å². The van der Waals surface area contributed by atoms with E-state index >= 15 is 0 Å². The van der Waals surface area contributed by atoms with Crippen LogP contribution in [0.5, 0.6) is 5.75 Å². The standard InChI is InChI=1S/C16H21NO4/c1-2-7-16(15(20)21)8-10-17(11-9-16)14(19)12-5-3-4-6-13(12)18/h3-6,18H,2,7-11H2,1H3,(H,20,21). The first-order chi connectivity index (χ1) is 10.00. The highest BCUT2D eigenvalue weighted by molar-refractivity contribution is 5.97. The lowest BCUT2D eigenvalue weighted by Gasteiger charge is -2.38. The largest absolute Gasteiger partial charge is 0.507 e. The Morgan fingerprint density at radius 2 is 1.86 bits per heavy atom. The molecule has 5 heteroatoms. The molecular weight excluding hydrogens is 270 g/mol. The van der Waals surface area contributed by atoms with Crippen molar-refractivity contribution in [2.75, 3.05) is 13.1 Å². The summed E-state index contributed by atoms with van der Waals surface area (Å²) in [5.74, 6) is -1.03. The Balaban J connectivity index is 2.09. The molecule has 0 saturated carbocycles. The molecule has 5 nitrogen and oxygen atoms in total. The van der Waals surface area contributed by atoms with E-state index < -0.39 is 11.4 Å². The summed E-state index contributed by atoms with van der Waals surface area (Å²) in [5.41, 5.74) is -0.430. The summed E-state index contributed by atoms with van der Waals surface area (Å²) >= 11 is 0. The lowest BCUT2D eigenvalue weighted by atomic mass is 9.75. The van der Waals surface area contributed by atoms with Gasteiger partial charge in [-0.2, -0.15) is 0 Å². The smallest absolute Gasteiger partial charge is 0.309 e. The SMILES string of the molecule is CCCC1(C(=O)O)CCN(C(=O)c2ccccc2O)CC1. The molecule has 1 amide bonds. The van der Waals surface area contributed by atoms with E-state index in [1.54, 1.807) is 23.1 Å². The number of benzene rings is 1. The fourth-order valence-corrected chi connectivity index (χ4v) is 3.01. The zero-order valence-corrected chi connectivity index (χ0v) is 12.2. The van der Waals surface area contributed by atoms with Crippen molar-refractivity contribution in [3.8, 4) is 5.75 Å². The number of likely N-dealkylation sites (tertiary alicyclic amines) is 1. The van der Waals surface area contributed by atoms with Crippen LogP contribution in [0.3, 0.4) is 0 Å². The molecule has 0 bridgehead atoms.